The van der Waals surface area contributed by atoms with Crippen LogP contribution >= 0.6 is 7.14 Å². The van der Waals surface area contributed by atoms with Crippen LogP contribution in [0.3, 0.4) is 0 Å². The predicted molar refractivity (Wildman–Crippen MR) is 221 cm³/mol. The van der Waals surface area contributed by atoms with Crippen molar-refractivity contribution in [1.82, 2.24) is 14.5 Å². The average Bonchev–Trinajstić information content (AvgIpc) is 3.69. The van der Waals surface area contributed by atoms with Crippen LogP contribution in [0, 0.1) is 0 Å². The van der Waals surface area contributed by atoms with Crippen LogP contribution in [-0.4, -0.2) is 14.5 Å². The van der Waals surface area contributed by atoms with E-state index < -0.39 is 7.14 Å². The predicted octanol–water partition coefficient (Wildman–Crippen LogP) is 10.8. The van der Waals surface area contributed by atoms with Crippen molar-refractivity contribution in [1.29, 1.82) is 0 Å². The van der Waals surface area contributed by atoms with Gasteiger partial charge in [0.15, 0.2) is 7.14 Å². The van der Waals surface area contributed by atoms with Crippen molar-refractivity contribution in [2.45, 2.75) is 0 Å². The number of nitrogens with zero attached hydrogens (tertiary/aromatic N) is 3. The summed E-state index contributed by atoms with van der Waals surface area (Å²) in [7, 11) is -3.11. The summed E-state index contributed by atoms with van der Waals surface area (Å²) in [6.45, 7) is 0. The van der Waals surface area contributed by atoms with E-state index in [9.17, 15) is 0 Å². The molecule has 248 valence electrons. The lowest BCUT2D eigenvalue weighted by Crippen LogP contribution is -2.20. The molecule has 8 aromatic carbocycles. The Kier molecular flexibility index (Phi) is 6.49. The van der Waals surface area contributed by atoms with Crippen LogP contribution in [0.1, 0.15) is 0 Å². The molecule has 0 radical (unpaired) electrons. The Labute approximate surface area is 306 Å². The van der Waals surface area contributed by atoms with Crippen LogP contribution in [0.15, 0.2) is 182 Å². The van der Waals surface area contributed by atoms with Gasteiger partial charge in [-0.3, -0.25) is 4.57 Å². The van der Waals surface area contributed by atoms with Gasteiger partial charge in [0.2, 0.25) is 5.95 Å². The number of hydrogen-bond acceptors (Lipinski definition) is 3. The summed E-state index contributed by atoms with van der Waals surface area (Å²) < 4.78 is 17.6. The normalized spacial score (nSPS) is 14.9. The van der Waals surface area contributed by atoms with E-state index in [0.29, 0.717) is 5.95 Å². The molecule has 1 unspecified atom stereocenters. The van der Waals surface area contributed by atoms with Gasteiger partial charge in [-0.25, -0.2) is 9.97 Å². The molecular weight excluding hydrogens is 666 g/mol. The van der Waals surface area contributed by atoms with Gasteiger partial charge in [-0.05, 0) is 57.3 Å². The molecule has 0 saturated heterocycles. The zero-order valence-corrected chi connectivity index (χ0v) is 29.4. The molecule has 53 heavy (non-hydrogen) atoms. The summed E-state index contributed by atoms with van der Waals surface area (Å²) in [4.78, 5) is 10.6. The van der Waals surface area contributed by atoms with Gasteiger partial charge >= 0.3 is 0 Å². The number of aromatic nitrogens is 3. The Morgan fingerprint density at radius 3 is 1.96 bits per heavy atom. The molecule has 0 fully saturated rings. The summed E-state index contributed by atoms with van der Waals surface area (Å²) in [5, 5.41) is 8.17. The largest absolute Gasteiger partial charge is 0.309 e. The van der Waals surface area contributed by atoms with Gasteiger partial charge in [0.25, 0.3) is 0 Å². The van der Waals surface area contributed by atoms with Gasteiger partial charge in [-0.2, -0.15) is 0 Å². The molecule has 0 bridgehead atoms. The number of benzene rings is 8. The van der Waals surface area contributed by atoms with Crippen LogP contribution < -0.4 is 15.9 Å². The first-order valence-corrected chi connectivity index (χ1v) is 19.6. The molecule has 0 saturated carbocycles. The Hall–Kier alpha value is -6.61. The lowest BCUT2D eigenvalue weighted by Gasteiger charge is -2.16. The monoisotopic (exact) mass is 695 g/mol. The highest BCUT2D eigenvalue weighted by atomic mass is 31.2. The van der Waals surface area contributed by atoms with Gasteiger partial charge < -0.3 is 4.57 Å². The molecule has 4 nitrogen and oxygen atoms in total. The second-order valence-electron chi connectivity index (χ2n) is 13.7. The number of hydrogen-bond donors (Lipinski definition) is 0. The van der Waals surface area contributed by atoms with E-state index in [1.165, 1.54) is 16.3 Å². The van der Waals surface area contributed by atoms with E-state index in [4.69, 9.17) is 9.97 Å². The maximum Gasteiger partial charge on any atom is 0.235 e. The zero-order valence-electron chi connectivity index (χ0n) is 28.5. The van der Waals surface area contributed by atoms with Crippen molar-refractivity contribution in [3.8, 4) is 39.5 Å². The quantitative estimate of drug-likeness (QED) is 0.172. The van der Waals surface area contributed by atoms with Gasteiger partial charge in [0.05, 0.1) is 22.2 Å². The second-order valence-corrected chi connectivity index (χ2v) is 16.4. The van der Waals surface area contributed by atoms with Gasteiger partial charge in [-0.15, -0.1) is 0 Å². The Morgan fingerprint density at radius 2 is 1.09 bits per heavy atom. The fraction of sp³-hybridized carbons (Fsp3) is 0. The van der Waals surface area contributed by atoms with Crippen molar-refractivity contribution in [2.24, 2.45) is 0 Å². The Bertz CT molecular complexity index is 3140. The number of fused-ring (bicyclic) bond motifs is 8. The fourth-order valence-electron chi connectivity index (χ4n) is 8.39. The molecule has 1 aliphatic heterocycles. The minimum absolute atomic E-state index is 0.598. The second kappa shape index (κ2) is 11.4. The summed E-state index contributed by atoms with van der Waals surface area (Å²) in [5.74, 6) is 0.598. The molecule has 2 aromatic heterocycles. The fourth-order valence-corrected chi connectivity index (χ4v) is 11.5. The lowest BCUT2D eigenvalue weighted by molar-refractivity contribution is 0.593. The highest BCUT2D eigenvalue weighted by Crippen LogP contribution is 2.53. The molecular formula is C48H30N3OP. The lowest BCUT2D eigenvalue weighted by atomic mass is 9.96. The highest BCUT2D eigenvalue weighted by Gasteiger charge is 2.40. The third-order valence-electron chi connectivity index (χ3n) is 10.8. The van der Waals surface area contributed by atoms with Crippen molar-refractivity contribution in [3.05, 3.63) is 182 Å². The maximum absolute atomic E-state index is 15.4. The number of rotatable bonds is 4. The van der Waals surface area contributed by atoms with Gasteiger partial charge in [0.1, 0.15) is 0 Å². The highest BCUT2D eigenvalue weighted by molar-refractivity contribution is 7.86. The maximum atomic E-state index is 15.4. The number of para-hydroxylation sites is 2. The van der Waals surface area contributed by atoms with E-state index in [1.54, 1.807) is 0 Å². The molecule has 1 atom stereocenters. The van der Waals surface area contributed by atoms with E-state index in [2.05, 4.69) is 126 Å². The Balaban J connectivity index is 1.14. The molecule has 3 heterocycles. The van der Waals surface area contributed by atoms with E-state index in [1.807, 2.05) is 60.7 Å². The first-order chi connectivity index (χ1) is 26.2. The van der Waals surface area contributed by atoms with Crippen LogP contribution in [0.5, 0.6) is 0 Å². The minimum Gasteiger partial charge on any atom is -0.309 e. The zero-order chi connectivity index (χ0) is 35.1. The minimum atomic E-state index is -3.11. The topological polar surface area (TPSA) is 47.8 Å². The van der Waals surface area contributed by atoms with Crippen molar-refractivity contribution < 1.29 is 4.57 Å². The van der Waals surface area contributed by atoms with Crippen LogP contribution in [0.25, 0.3) is 82.9 Å². The molecule has 5 heteroatoms. The Morgan fingerprint density at radius 1 is 0.434 bits per heavy atom. The smallest absolute Gasteiger partial charge is 0.235 e. The molecule has 10 aromatic rings. The first kappa shape index (κ1) is 30.1. The van der Waals surface area contributed by atoms with Crippen LogP contribution in [-0.2, 0) is 4.57 Å². The summed E-state index contributed by atoms with van der Waals surface area (Å²) in [6, 6.07) is 62.8. The third kappa shape index (κ3) is 4.40. The summed E-state index contributed by atoms with van der Waals surface area (Å²) >= 11 is 0. The molecule has 0 N–H and O–H groups in total. The van der Waals surface area contributed by atoms with E-state index in [-0.39, 0.29) is 0 Å². The SMILES string of the molecule is O=P1(c2ccccc2)c2ccccc2-c2cc3c(cc21)c1ccccc1n3-c1nc(-c2ccc(-c3cccc4ccccc34)cc2)c2ccccc2n1. The van der Waals surface area contributed by atoms with Crippen LogP contribution in [0.4, 0.5) is 0 Å². The third-order valence-corrected chi connectivity index (χ3v) is 14.0. The van der Waals surface area contributed by atoms with E-state index >= 15 is 4.57 Å². The summed E-state index contributed by atoms with van der Waals surface area (Å²) in [5.41, 5.74) is 9.13. The summed E-state index contributed by atoms with van der Waals surface area (Å²) in [6.07, 6.45) is 0. The molecule has 1 aliphatic rings. The molecule has 11 rings (SSSR count). The van der Waals surface area contributed by atoms with Crippen molar-refractivity contribution in [3.63, 3.8) is 0 Å². The van der Waals surface area contributed by atoms with Crippen molar-refractivity contribution >= 4 is 66.5 Å². The standard InChI is InChI=1S/C48H30N3OP/c52-53(34-15-2-1-3-16-34)45-24-11-8-19-38(45)41-29-44-40(30-46(41)53)37-18-7-10-23-43(37)51(44)48-49-42-22-9-6-20-39(42)47(50-48)33-27-25-32(26-28-33)36-21-12-14-31-13-4-5-17-35(31)36/h1-30H. The van der Waals surface area contributed by atoms with Gasteiger partial charge in [0, 0.05) is 37.6 Å². The molecule has 0 spiro atoms. The van der Waals surface area contributed by atoms with Crippen molar-refractivity contribution in [2.75, 3.05) is 0 Å². The first-order valence-electron chi connectivity index (χ1n) is 17.9. The van der Waals surface area contributed by atoms with E-state index in [0.717, 1.165) is 76.6 Å². The van der Waals surface area contributed by atoms with Gasteiger partial charge in [-0.1, -0.05) is 158 Å². The van der Waals surface area contributed by atoms with Crippen LogP contribution in [0.2, 0.25) is 0 Å². The average molecular weight is 696 g/mol. The molecule has 0 amide bonds. The molecule has 0 aliphatic carbocycles.